The molecule has 0 saturated carbocycles. The average Bonchev–Trinajstić information content (AvgIpc) is 2.46. The van der Waals surface area contributed by atoms with E-state index >= 15 is 0 Å². The van der Waals surface area contributed by atoms with Crippen LogP contribution in [0, 0.1) is 0 Å². The molecule has 2 aliphatic rings. The molecule has 2 rings (SSSR count). The van der Waals surface area contributed by atoms with Gasteiger partial charge in [0, 0.05) is 26.2 Å². The molecule has 0 bridgehead atoms. The van der Waals surface area contributed by atoms with Crippen molar-refractivity contribution >= 4 is 0 Å². The topological polar surface area (TPSA) is 6.48 Å². The first-order chi connectivity index (χ1) is 10.4. The van der Waals surface area contributed by atoms with Crippen molar-refractivity contribution in [1.82, 2.24) is 9.80 Å². The average molecular weight is 566 g/mol. The van der Waals surface area contributed by atoms with E-state index in [0.29, 0.717) is 0 Å². The zero-order chi connectivity index (χ0) is 16.1. The molecule has 0 aliphatic carbocycles. The predicted molar refractivity (Wildman–Crippen MR) is 95.0 cm³/mol. The van der Waals surface area contributed by atoms with Crippen molar-refractivity contribution in [1.29, 1.82) is 0 Å². The molecule has 2 fully saturated rings. The third-order valence-corrected chi connectivity index (χ3v) is 5.78. The van der Waals surface area contributed by atoms with E-state index in [9.17, 15) is 0 Å². The summed E-state index contributed by atoms with van der Waals surface area (Å²) in [6.45, 7) is 13.2. The van der Waals surface area contributed by atoms with Crippen LogP contribution in [0.1, 0.15) is 25.7 Å². The van der Waals surface area contributed by atoms with E-state index in [2.05, 4.69) is 38.0 Å². The van der Waals surface area contributed by atoms with Gasteiger partial charge in [-0.05, 0) is 25.9 Å². The maximum atomic E-state index is 2.67. The predicted octanol–water partition coefficient (Wildman–Crippen LogP) is -4.66. The van der Waals surface area contributed by atoms with Crippen LogP contribution < -0.4 is 48.0 Å². The molecule has 2 saturated heterocycles. The van der Waals surface area contributed by atoms with E-state index in [1.165, 1.54) is 100 Å². The Balaban J connectivity index is 0.00000264. The second-order valence-corrected chi connectivity index (χ2v) is 8.86. The summed E-state index contributed by atoms with van der Waals surface area (Å²) in [5.41, 5.74) is 0. The molecule has 0 amide bonds. The summed E-state index contributed by atoms with van der Waals surface area (Å²) < 4.78 is 2.42. The van der Waals surface area contributed by atoms with Crippen molar-refractivity contribution in [3.05, 3.63) is 0 Å². The van der Waals surface area contributed by atoms with E-state index in [1.54, 1.807) is 0 Å². The Morgan fingerprint density at radius 3 is 1.12 bits per heavy atom. The summed E-state index contributed by atoms with van der Waals surface area (Å²) in [4.78, 5) is 5.35. The zero-order valence-corrected chi connectivity index (χ0v) is 20.8. The van der Waals surface area contributed by atoms with E-state index in [0.717, 1.165) is 0 Å². The van der Waals surface area contributed by atoms with Crippen LogP contribution in [0.25, 0.3) is 0 Å². The summed E-state index contributed by atoms with van der Waals surface area (Å²) in [5.74, 6) is 0. The summed E-state index contributed by atoms with van der Waals surface area (Å²) in [6, 6.07) is 0. The van der Waals surface area contributed by atoms with Gasteiger partial charge in [0.15, 0.2) is 0 Å². The second-order valence-electron chi connectivity index (χ2n) is 8.86. The van der Waals surface area contributed by atoms with Crippen LogP contribution in [0.3, 0.4) is 0 Å². The molecule has 6 heteroatoms. The number of quaternary nitrogens is 2. The Morgan fingerprint density at radius 2 is 0.833 bits per heavy atom. The van der Waals surface area contributed by atoms with Gasteiger partial charge in [-0.2, -0.15) is 0 Å². The molecule has 4 nitrogen and oxygen atoms in total. The summed E-state index contributed by atoms with van der Waals surface area (Å²) in [5, 5.41) is 0. The Bertz CT molecular complexity index is 285. The number of halogens is 2. The molecule has 146 valence electrons. The molecule has 2 aliphatic heterocycles. The number of unbranched alkanes of at least 4 members (excludes halogenated alkanes) is 3. The molecule has 2 heterocycles. The molecule has 0 unspecified atom stereocenters. The summed E-state index contributed by atoms with van der Waals surface area (Å²) in [7, 11) is 9.44. The van der Waals surface area contributed by atoms with E-state index in [-0.39, 0.29) is 48.0 Å². The minimum Gasteiger partial charge on any atom is -1.00 e. The highest BCUT2D eigenvalue weighted by Gasteiger charge is 2.24. The highest BCUT2D eigenvalue weighted by atomic mass is 127. The minimum atomic E-state index is 0. The molecule has 0 aromatic heterocycles. The molecule has 0 atom stereocenters. The van der Waals surface area contributed by atoms with E-state index < -0.39 is 0 Å². The first-order valence-electron chi connectivity index (χ1n) is 9.45. The SMILES string of the molecule is C[N+]1(C)CCN(CCCCCCN2CC[N+](C)(C)CC2)CC1.[I-].[I-]. The zero-order valence-electron chi connectivity index (χ0n) is 16.4. The van der Waals surface area contributed by atoms with Gasteiger partial charge in [0.25, 0.3) is 0 Å². The van der Waals surface area contributed by atoms with Crippen LogP contribution in [0.4, 0.5) is 0 Å². The normalized spacial score (nSPS) is 24.0. The molecule has 24 heavy (non-hydrogen) atoms. The number of hydrogen-bond donors (Lipinski definition) is 0. The number of piperazine rings is 2. The molecular formula is C18H40I2N4. The number of hydrogen-bond acceptors (Lipinski definition) is 2. The third kappa shape index (κ3) is 9.85. The van der Waals surface area contributed by atoms with Gasteiger partial charge in [-0.1, -0.05) is 12.8 Å². The Hall–Kier alpha value is 1.30. The third-order valence-electron chi connectivity index (χ3n) is 5.78. The summed E-state index contributed by atoms with van der Waals surface area (Å²) in [6.07, 6.45) is 5.64. The first-order valence-corrected chi connectivity index (χ1v) is 9.45. The number of nitrogens with zero attached hydrogens (tertiary/aromatic N) is 4. The van der Waals surface area contributed by atoms with E-state index in [1.807, 2.05) is 0 Å². The van der Waals surface area contributed by atoms with Gasteiger partial charge in [-0.3, -0.25) is 9.80 Å². The second kappa shape index (κ2) is 11.9. The van der Waals surface area contributed by atoms with E-state index in [4.69, 9.17) is 0 Å². The number of rotatable bonds is 7. The minimum absolute atomic E-state index is 0. The molecule has 0 aromatic carbocycles. The van der Waals surface area contributed by atoms with Crippen molar-refractivity contribution in [3.63, 3.8) is 0 Å². The van der Waals surface area contributed by atoms with Crippen molar-refractivity contribution in [2.45, 2.75) is 25.7 Å². The summed E-state index contributed by atoms with van der Waals surface area (Å²) >= 11 is 0. The lowest BCUT2D eigenvalue weighted by molar-refractivity contribution is -0.894. The van der Waals surface area contributed by atoms with Crippen LogP contribution in [0.2, 0.25) is 0 Å². The largest absolute Gasteiger partial charge is 1.00 e. The highest BCUT2D eigenvalue weighted by molar-refractivity contribution is 4.64. The van der Waals surface area contributed by atoms with Crippen molar-refractivity contribution < 1.29 is 56.9 Å². The molecular weight excluding hydrogens is 526 g/mol. The first kappa shape index (κ1) is 25.3. The lowest BCUT2D eigenvalue weighted by Crippen LogP contribution is -3.00. The molecule has 0 aromatic rings. The van der Waals surface area contributed by atoms with Gasteiger partial charge < -0.3 is 56.9 Å². The van der Waals surface area contributed by atoms with Gasteiger partial charge in [-0.25, -0.2) is 0 Å². The Morgan fingerprint density at radius 1 is 0.542 bits per heavy atom. The maximum absolute atomic E-state index is 2.67. The van der Waals surface area contributed by atoms with Crippen molar-refractivity contribution in [2.24, 2.45) is 0 Å². The lowest BCUT2D eigenvalue weighted by Gasteiger charge is -2.39. The Kier molecular flexibility index (Phi) is 12.5. The Labute approximate surface area is 185 Å². The van der Waals surface area contributed by atoms with Crippen LogP contribution in [-0.2, 0) is 0 Å². The van der Waals surface area contributed by atoms with Gasteiger partial charge in [0.1, 0.15) is 0 Å². The smallest absolute Gasteiger partial charge is 0.0912 e. The lowest BCUT2D eigenvalue weighted by atomic mass is 10.1. The fourth-order valence-electron chi connectivity index (χ4n) is 3.57. The number of likely N-dealkylation sites (N-methyl/N-ethyl adjacent to an activating group) is 2. The fraction of sp³-hybridized carbons (Fsp3) is 1.00. The van der Waals surface area contributed by atoms with Crippen molar-refractivity contribution in [2.75, 3.05) is 93.6 Å². The molecule has 0 radical (unpaired) electrons. The van der Waals surface area contributed by atoms with Crippen molar-refractivity contribution in [3.8, 4) is 0 Å². The van der Waals surface area contributed by atoms with Gasteiger partial charge in [0.05, 0.1) is 54.4 Å². The van der Waals surface area contributed by atoms with Gasteiger partial charge in [-0.15, -0.1) is 0 Å². The van der Waals surface area contributed by atoms with Crippen LogP contribution in [0.15, 0.2) is 0 Å². The monoisotopic (exact) mass is 566 g/mol. The van der Waals surface area contributed by atoms with Gasteiger partial charge >= 0.3 is 0 Å². The quantitative estimate of drug-likeness (QED) is 0.174. The standard InChI is InChI=1S/C18H40N4.2HI/c1-21(2)15-11-19(12-16-21)9-7-5-6-8-10-20-13-17-22(3,4)18-14-20;;/h5-18H2,1-4H3;2*1H/q+2;;/p-2. The molecule has 0 N–H and O–H groups in total. The van der Waals surface area contributed by atoms with Crippen LogP contribution >= 0.6 is 0 Å². The molecule has 0 spiro atoms. The van der Waals surface area contributed by atoms with Crippen LogP contribution in [0.5, 0.6) is 0 Å². The maximum Gasteiger partial charge on any atom is 0.0912 e. The highest BCUT2D eigenvalue weighted by Crippen LogP contribution is 2.11. The van der Waals surface area contributed by atoms with Crippen LogP contribution in [-0.4, -0.2) is 112 Å². The fourth-order valence-corrected chi connectivity index (χ4v) is 3.57. The van der Waals surface area contributed by atoms with Gasteiger partial charge in [0.2, 0.25) is 0 Å².